The molecule has 1 amide bonds. The average Bonchev–Trinajstić information content (AvgIpc) is 2.75. The van der Waals surface area contributed by atoms with Gasteiger partial charge in [-0.2, -0.15) is 0 Å². The van der Waals surface area contributed by atoms with Crippen LogP contribution in [-0.2, 0) is 17.7 Å². The molecule has 0 radical (unpaired) electrons. The van der Waals surface area contributed by atoms with Crippen molar-refractivity contribution in [2.24, 2.45) is 5.92 Å². The lowest BCUT2D eigenvalue weighted by Gasteiger charge is -2.36. The maximum Gasteiger partial charge on any atom is 0.407 e. The number of aromatic nitrogens is 2. The van der Waals surface area contributed by atoms with Crippen LogP contribution in [0.15, 0.2) is 6.33 Å². The van der Waals surface area contributed by atoms with Crippen LogP contribution < -0.4 is 0 Å². The first-order valence-electron chi connectivity index (χ1n) is 7.23. The highest BCUT2D eigenvalue weighted by Crippen LogP contribution is 2.34. The molecule has 6 heteroatoms. The third kappa shape index (κ3) is 2.18. The average molecular weight is 279 g/mol. The number of amides is 1. The molecule has 0 spiro atoms. The molecule has 2 unspecified atom stereocenters. The van der Waals surface area contributed by atoms with Crippen LogP contribution in [0.25, 0.3) is 0 Å². The molecule has 1 saturated heterocycles. The monoisotopic (exact) mass is 279 g/mol. The second-order valence-corrected chi connectivity index (χ2v) is 5.93. The summed E-state index contributed by atoms with van der Waals surface area (Å²) in [5, 5.41) is 9.35. The SMILES string of the molecule is CC(C)C1c2ncn(CC3CCO3)c2CCN1C(=O)O. The van der Waals surface area contributed by atoms with Crippen LogP contribution >= 0.6 is 0 Å². The summed E-state index contributed by atoms with van der Waals surface area (Å²) in [5.74, 6) is 0.216. The highest BCUT2D eigenvalue weighted by Gasteiger charge is 2.36. The molecule has 20 heavy (non-hydrogen) atoms. The van der Waals surface area contributed by atoms with Gasteiger partial charge in [0, 0.05) is 25.3 Å². The molecule has 1 fully saturated rings. The summed E-state index contributed by atoms with van der Waals surface area (Å²) in [4.78, 5) is 17.4. The summed E-state index contributed by atoms with van der Waals surface area (Å²) in [6.07, 6.45) is 3.11. The lowest BCUT2D eigenvalue weighted by Crippen LogP contribution is -2.42. The molecular formula is C14H21N3O3. The summed E-state index contributed by atoms with van der Waals surface area (Å²) in [6.45, 7) is 6.32. The van der Waals surface area contributed by atoms with Gasteiger partial charge in [-0.1, -0.05) is 13.8 Å². The zero-order valence-electron chi connectivity index (χ0n) is 12.0. The molecule has 110 valence electrons. The topological polar surface area (TPSA) is 67.6 Å². The largest absolute Gasteiger partial charge is 0.465 e. The fourth-order valence-corrected chi connectivity index (χ4v) is 3.15. The molecule has 1 N–H and O–H groups in total. The smallest absolute Gasteiger partial charge is 0.407 e. The maximum absolute atomic E-state index is 11.4. The second-order valence-electron chi connectivity index (χ2n) is 5.93. The number of hydrogen-bond donors (Lipinski definition) is 1. The number of ether oxygens (including phenoxy) is 1. The Hall–Kier alpha value is -1.56. The van der Waals surface area contributed by atoms with Crippen LogP contribution in [0.2, 0.25) is 0 Å². The van der Waals surface area contributed by atoms with Gasteiger partial charge in [0.05, 0.1) is 30.7 Å². The molecular weight excluding hydrogens is 258 g/mol. The third-order valence-electron chi connectivity index (χ3n) is 4.25. The Bertz CT molecular complexity index is 508. The molecule has 0 saturated carbocycles. The zero-order valence-corrected chi connectivity index (χ0v) is 12.0. The van der Waals surface area contributed by atoms with Crippen LogP contribution in [0.3, 0.4) is 0 Å². The van der Waals surface area contributed by atoms with Gasteiger partial charge in [0.15, 0.2) is 0 Å². The summed E-state index contributed by atoms with van der Waals surface area (Å²) < 4.78 is 7.62. The van der Waals surface area contributed by atoms with Gasteiger partial charge in [0.25, 0.3) is 0 Å². The van der Waals surface area contributed by atoms with E-state index in [4.69, 9.17) is 4.74 Å². The fourth-order valence-electron chi connectivity index (χ4n) is 3.15. The van der Waals surface area contributed by atoms with E-state index >= 15 is 0 Å². The van der Waals surface area contributed by atoms with Crippen molar-refractivity contribution in [3.8, 4) is 0 Å². The molecule has 0 bridgehead atoms. The normalized spacial score (nSPS) is 25.4. The van der Waals surface area contributed by atoms with Gasteiger partial charge in [0.1, 0.15) is 0 Å². The number of carboxylic acid groups (broad SMARTS) is 1. The summed E-state index contributed by atoms with van der Waals surface area (Å²) in [7, 11) is 0. The number of hydrogen-bond acceptors (Lipinski definition) is 3. The predicted octanol–water partition coefficient (Wildman–Crippen LogP) is 1.91. The highest BCUT2D eigenvalue weighted by atomic mass is 16.5. The minimum absolute atomic E-state index is 0.139. The standard InChI is InChI=1S/C14H21N3O3/c1-9(2)13-12-11(3-5-17(13)14(18)19)16(8-15-12)7-10-4-6-20-10/h8-10,13H,3-7H2,1-2H3,(H,18,19). The minimum atomic E-state index is -0.855. The quantitative estimate of drug-likeness (QED) is 0.917. The van der Waals surface area contributed by atoms with E-state index < -0.39 is 6.09 Å². The van der Waals surface area contributed by atoms with Crippen molar-refractivity contribution in [2.45, 2.75) is 45.4 Å². The van der Waals surface area contributed by atoms with E-state index in [1.54, 1.807) is 0 Å². The molecule has 0 aromatic carbocycles. The number of nitrogens with zero attached hydrogens (tertiary/aromatic N) is 3. The van der Waals surface area contributed by atoms with Gasteiger partial charge in [0.2, 0.25) is 0 Å². The van der Waals surface area contributed by atoms with Crippen molar-refractivity contribution in [3.63, 3.8) is 0 Å². The molecule has 0 aliphatic carbocycles. The predicted molar refractivity (Wildman–Crippen MR) is 72.6 cm³/mol. The van der Waals surface area contributed by atoms with Crippen molar-refractivity contribution in [1.82, 2.24) is 14.5 Å². The molecule has 2 atom stereocenters. The number of fused-ring (bicyclic) bond motifs is 1. The summed E-state index contributed by atoms with van der Waals surface area (Å²) in [5.41, 5.74) is 2.10. The van der Waals surface area contributed by atoms with Crippen molar-refractivity contribution in [3.05, 3.63) is 17.7 Å². The molecule has 2 aliphatic heterocycles. The van der Waals surface area contributed by atoms with E-state index in [2.05, 4.69) is 9.55 Å². The maximum atomic E-state index is 11.4. The van der Waals surface area contributed by atoms with E-state index in [9.17, 15) is 9.90 Å². The molecule has 1 aromatic heterocycles. The Morgan fingerprint density at radius 2 is 2.35 bits per heavy atom. The lowest BCUT2D eigenvalue weighted by molar-refractivity contribution is -0.0596. The fraction of sp³-hybridized carbons (Fsp3) is 0.714. The lowest BCUT2D eigenvalue weighted by atomic mass is 9.93. The number of imidazole rings is 1. The summed E-state index contributed by atoms with van der Waals surface area (Å²) >= 11 is 0. The second kappa shape index (κ2) is 5.09. The van der Waals surface area contributed by atoms with Crippen molar-refractivity contribution < 1.29 is 14.6 Å². The Balaban J connectivity index is 1.88. The Morgan fingerprint density at radius 1 is 1.60 bits per heavy atom. The molecule has 2 aliphatic rings. The highest BCUT2D eigenvalue weighted by molar-refractivity contribution is 5.66. The first-order chi connectivity index (χ1) is 9.58. The Kier molecular flexibility index (Phi) is 3.41. The Labute approximate surface area is 118 Å². The van der Waals surface area contributed by atoms with E-state index in [1.165, 1.54) is 10.6 Å². The van der Waals surface area contributed by atoms with E-state index in [0.717, 1.165) is 31.7 Å². The van der Waals surface area contributed by atoms with Crippen LogP contribution in [0, 0.1) is 5.92 Å². The van der Waals surface area contributed by atoms with Gasteiger partial charge < -0.3 is 14.4 Å². The van der Waals surface area contributed by atoms with Gasteiger partial charge in [-0.15, -0.1) is 0 Å². The van der Waals surface area contributed by atoms with Gasteiger partial charge >= 0.3 is 6.09 Å². The van der Waals surface area contributed by atoms with Crippen LogP contribution in [0.1, 0.15) is 37.7 Å². The Morgan fingerprint density at radius 3 is 2.90 bits per heavy atom. The van der Waals surface area contributed by atoms with Crippen LogP contribution in [-0.4, -0.2) is 44.9 Å². The van der Waals surface area contributed by atoms with Crippen LogP contribution in [0.4, 0.5) is 4.79 Å². The first kappa shape index (κ1) is 13.4. The molecule has 6 nitrogen and oxygen atoms in total. The minimum Gasteiger partial charge on any atom is -0.465 e. The van der Waals surface area contributed by atoms with Gasteiger partial charge in [-0.25, -0.2) is 9.78 Å². The van der Waals surface area contributed by atoms with Crippen molar-refractivity contribution in [2.75, 3.05) is 13.2 Å². The zero-order chi connectivity index (χ0) is 14.3. The molecule has 1 aromatic rings. The van der Waals surface area contributed by atoms with Gasteiger partial charge in [-0.3, -0.25) is 4.90 Å². The van der Waals surface area contributed by atoms with E-state index in [1.807, 2.05) is 20.2 Å². The third-order valence-corrected chi connectivity index (χ3v) is 4.25. The summed E-state index contributed by atoms with van der Waals surface area (Å²) in [6, 6.07) is -0.139. The van der Waals surface area contributed by atoms with Gasteiger partial charge in [-0.05, 0) is 12.3 Å². The van der Waals surface area contributed by atoms with E-state index in [-0.39, 0.29) is 12.0 Å². The molecule has 3 rings (SSSR count). The van der Waals surface area contributed by atoms with Crippen LogP contribution in [0.5, 0.6) is 0 Å². The number of carbonyl (C=O) groups is 1. The van der Waals surface area contributed by atoms with Crippen molar-refractivity contribution in [1.29, 1.82) is 0 Å². The van der Waals surface area contributed by atoms with Crippen molar-refractivity contribution >= 4 is 6.09 Å². The van der Waals surface area contributed by atoms with E-state index in [0.29, 0.717) is 12.6 Å². The number of rotatable bonds is 3. The first-order valence-corrected chi connectivity index (χ1v) is 7.23. The molecule has 3 heterocycles.